The Bertz CT molecular complexity index is 639. The first-order valence-corrected chi connectivity index (χ1v) is 5.73. The van der Waals surface area contributed by atoms with Crippen molar-refractivity contribution in [2.45, 2.75) is 6.92 Å². The molecular formula is C14H15N3O2. The number of carbonyl (C=O) groups excluding carboxylic acids is 1. The minimum Gasteiger partial charge on any atom is -0.497 e. The summed E-state index contributed by atoms with van der Waals surface area (Å²) in [5.74, 6) is 0.500. The molecule has 0 saturated heterocycles. The SMILES string of the molecule is COc1ccc(N)c(C(=O)c2cc(C)cnc2N)c1. The lowest BCUT2D eigenvalue weighted by Gasteiger charge is -2.09. The van der Waals surface area contributed by atoms with E-state index in [1.807, 2.05) is 6.92 Å². The first-order valence-electron chi connectivity index (χ1n) is 5.73. The molecule has 4 N–H and O–H groups in total. The fraction of sp³-hybridized carbons (Fsp3) is 0.143. The maximum atomic E-state index is 12.5. The van der Waals surface area contributed by atoms with Gasteiger partial charge in [-0.1, -0.05) is 0 Å². The van der Waals surface area contributed by atoms with Crippen LogP contribution in [0.5, 0.6) is 5.75 Å². The number of ether oxygens (including phenoxy) is 1. The number of aromatic nitrogens is 1. The molecule has 0 spiro atoms. The van der Waals surface area contributed by atoms with Crippen LogP contribution >= 0.6 is 0 Å². The molecule has 0 aliphatic carbocycles. The van der Waals surface area contributed by atoms with Crippen LogP contribution in [0.4, 0.5) is 11.5 Å². The van der Waals surface area contributed by atoms with Crippen molar-refractivity contribution in [3.05, 3.63) is 47.2 Å². The molecule has 0 fully saturated rings. The average molecular weight is 257 g/mol. The van der Waals surface area contributed by atoms with Crippen molar-refractivity contribution >= 4 is 17.3 Å². The fourth-order valence-electron chi connectivity index (χ4n) is 1.77. The zero-order valence-corrected chi connectivity index (χ0v) is 10.8. The molecule has 98 valence electrons. The Hall–Kier alpha value is -2.56. The van der Waals surface area contributed by atoms with Gasteiger partial charge in [0.2, 0.25) is 0 Å². The van der Waals surface area contributed by atoms with Crippen molar-refractivity contribution in [1.82, 2.24) is 4.98 Å². The summed E-state index contributed by atoms with van der Waals surface area (Å²) < 4.78 is 5.10. The standard InChI is InChI=1S/C14H15N3O2/c1-8-5-11(14(16)17-7-8)13(18)10-6-9(19-2)3-4-12(10)15/h3-7H,15H2,1-2H3,(H2,16,17). The van der Waals surface area contributed by atoms with Gasteiger partial charge in [0.25, 0.3) is 0 Å². The van der Waals surface area contributed by atoms with E-state index in [1.165, 1.54) is 7.11 Å². The zero-order valence-electron chi connectivity index (χ0n) is 10.8. The third kappa shape index (κ3) is 2.49. The summed E-state index contributed by atoms with van der Waals surface area (Å²) in [6.45, 7) is 1.85. The second-order valence-corrected chi connectivity index (χ2v) is 4.23. The monoisotopic (exact) mass is 257 g/mol. The van der Waals surface area contributed by atoms with Gasteiger partial charge in [-0.2, -0.15) is 0 Å². The number of nitrogens with zero attached hydrogens (tertiary/aromatic N) is 1. The summed E-state index contributed by atoms with van der Waals surface area (Å²) in [6.07, 6.45) is 1.61. The molecule has 0 amide bonds. The maximum Gasteiger partial charge on any atom is 0.198 e. The maximum absolute atomic E-state index is 12.5. The smallest absolute Gasteiger partial charge is 0.198 e. The van der Waals surface area contributed by atoms with E-state index in [0.29, 0.717) is 22.6 Å². The zero-order chi connectivity index (χ0) is 14.0. The summed E-state index contributed by atoms with van der Waals surface area (Å²) in [5.41, 5.74) is 13.5. The molecule has 2 rings (SSSR count). The number of nitrogens with two attached hydrogens (primary N) is 2. The van der Waals surface area contributed by atoms with E-state index in [-0.39, 0.29) is 11.6 Å². The van der Waals surface area contributed by atoms with Crippen LogP contribution in [0.2, 0.25) is 0 Å². The molecule has 0 aliphatic heterocycles. The molecule has 5 nitrogen and oxygen atoms in total. The Labute approximate surface area is 111 Å². The van der Waals surface area contributed by atoms with Crippen molar-refractivity contribution in [3.63, 3.8) is 0 Å². The van der Waals surface area contributed by atoms with Gasteiger partial charge in [-0.3, -0.25) is 4.79 Å². The Morgan fingerprint density at radius 1 is 1.21 bits per heavy atom. The van der Waals surface area contributed by atoms with Crippen LogP contribution in [-0.4, -0.2) is 17.9 Å². The normalized spacial score (nSPS) is 10.2. The van der Waals surface area contributed by atoms with Gasteiger partial charge in [-0.25, -0.2) is 4.98 Å². The molecule has 0 unspecified atom stereocenters. The van der Waals surface area contributed by atoms with Gasteiger partial charge in [-0.05, 0) is 36.8 Å². The number of hydrogen-bond acceptors (Lipinski definition) is 5. The molecule has 1 aromatic carbocycles. The van der Waals surface area contributed by atoms with Gasteiger partial charge in [0.1, 0.15) is 11.6 Å². The highest BCUT2D eigenvalue weighted by Crippen LogP contribution is 2.24. The van der Waals surface area contributed by atoms with E-state index in [9.17, 15) is 4.79 Å². The molecular weight excluding hydrogens is 242 g/mol. The molecule has 0 aliphatic rings. The third-order valence-corrected chi connectivity index (χ3v) is 2.80. The fourth-order valence-corrected chi connectivity index (χ4v) is 1.77. The van der Waals surface area contributed by atoms with Gasteiger partial charge < -0.3 is 16.2 Å². The molecule has 1 heterocycles. The van der Waals surface area contributed by atoms with E-state index in [1.54, 1.807) is 30.5 Å². The molecule has 19 heavy (non-hydrogen) atoms. The molecule has 1 aromatic heterocycles. The molecule has 2 aromatic rings. The number of benzene rings is 1. The first kappa shape index (κ1) is 12.9. The lowest BCUT2D eigenvalue weighted by Crippen LogP contribution is -2.10. The molecule has 5 heteroatoms. The molecule has 0 atom stereocenters. The van der Waals surface area contributed by atoms with Crippen molar-refractivity contribution in [2.24, 2.45) is 0 Å². The van der Waals surface area contributed by atoms with Crippen molar-refractivity contribution < 1.29 is 9.53 Å². The number of hydrogen-bond donors (Lipinski definition) is 2. The number of methoxy groups -OCH3 is 1. The minimum atomic E-state index is -0.259. The highest BCUT2D eigenvalue weighted by molar-refractivity contribution is 6.14. The Morgan fingerprint density at radius 3 is 2.63 bits per heavy atom. The van der Waals surface area contributed by atoms with Gasteiger partial charge >= 0.3 is 0 Å². The van der Waals surface area contributed by atoms with Crippen molar-refractivity contribution in [2.75, 3.05) is 18.6 Å². The largest absolute Gasteiger partial charge is 0.497 e. The third-order valence-electron chi connectivity index (χ3n) is 2.80. The summed E-state index contributed by atoms with van der Waals surface area (Å²) in [6, 6.07) is 6.62. The quantitative estimate of drug-likeness (QED) is 0.646. The topological polar surface area (TPSA) is 91.2 Å². The van der Waals surface area contributed by atoms with Gasteiger partial charge in [0.15, 0.2) is 5.78 Å². The van der Waals surface area contributed by atoms with Crippen LogP contribution in [0, 0.1) is 6.92 Å². The Morgan fingerprint density at radius 2 is 1.95 bits per heavy atom. The number of ketones is 1. The average Bonchev–Trinajstić information content (AvgIpc) is 2.41. The van der Waals surface area contributed by atoms with Gasteiger partial charge in [-0.15, -0.1) is 0 Å². The Kier molecular flexibility index (Phi) is 3.37. The summed E-state index contributed by atoms with van der Waals surface area (Å²) >= 11 is 0. The second kappa shape index (κ2) is 4.97. The summed E-state index contributed by atoms with van der Waals surface area (Å²) in [4.78, 5) is 16.4. The van der Waals surface area contributed by atoms with E-state index in [2.05, 4.69) is 4.98 Å². The highest BCUT2D eigenvalue weighted by atomic mass is 16.5. The predicted molar refractivity (Wildman–Crippen MR) is 74.2 cm³/mol. The Balaban J connectivity index is 2.52. The molecule has 0 saturated carbocycles. The van der Waals surface area contributed by atoms with Crippen LogP contribution in [0.15, 0.2) is 30.5 Å². The lowest BCUT2D eigenvalue weighted by atomic mass is 10.0. The van der Waals surface area contributed by atoms with Crippen LogP contribution in [0.1, 0.15) is 21.5 Å². The van der Waals surface area contributed by atoms with Crippen molar-refractivity contribution in [1.29, 1.82) is 0 Å². The highest BCUT2D eigenvalue weighted by Gasteiger charge is 2.17. The van der Waals surface area contributed by atoms with E-state index >= 15 is 0 Å². The number of aryl methyl sites for hydroxylation is 1. The van der Waals surface area contributed by atoms with Crippen molar-refractivity contribution in [3.8, 4) is 5.75 Å². The van der Waals surface area contributed by atoms with E-state index in [0.717, 1.165) is 5.56 Å². The van der Waals surface area contributed by atoms with Gasteiger partial charge in [0.05, 0.1) is 12.7 Å². The number of carbonyl (C=O) groups is 1. The minimum absolute atomic E-state index is 0.192. The van der Waals surface area contributed by atoms with Crippen LogP contribution in [0.3, 0.4) is 0 Å². The molecule has 0 bridgehead atoms. The van der Waals surface area contributed by atoms with Gasteiger partial charge in [0, 0.05) is 17.4 Å². The number of rotatable bonds is 3. The number of pyridine rings is 1. The van der Waals surface area contributed by atoms with Crippen LogP contribution in [0.25, 0.3) is 0 Å². The number of nitrogen functional groups attached to an aromatic ring is 2. The van der Waals surface area contributed by atoms with Crippen LogP contribution in [-0.2, 0) is 0 Å². The first-order chi connectivity index (χ1) is 9.02. The summed E-state index contributed by atoms with van der Waals surface area (Å²) in [7, 11) is 1.53. The lowest BCUT2D eigenvalue weighted by molar-refractivity contribution is 0.103. The summed E-state index contributed by atoms with van der Waals surface area (Å²) in [5, 5.41) is 0. The second-order valence-electron chi connectivity index (χ2n) is 4.23. The van der Waals surface area contributed by atoms with Crippen LogP contribution < -0.4 is 16.2 Å². The predicted octanol–water partition coefficient (Wildman–Crippen LogP) is 1.79. The number of anilines is 2. The van der Waals surface area contributed by atoms with E-state index < -0.39 is 0 Å². The molecule has 0 radical (unpaired) electrons. The van der Waals surface area contributed by atoms with E-state index in [4.69, 9.17) is 16.2 Å².